The highest BCUT2D eigenvalue weighted by Crippen LogP contribution is 2.41. The summed E-state index contributed by atoms with van der Waals surface area (Å²) in [5, 5.41) is 15.9. The lowest BCUT2D eigenvalue weighted by Gasteiger charge is -2.15. The molecular weight excluding hydrogens is 370 g/mol. The van der Waals surface area contributed by atoms with E-state index in [0.717, 1.165) is 54.0 Å². The molecule has 150 valence electrons. The number of aryl methyl sites for hydroxylation is 1. The summed E-state index contributed by atoms with van der Waals surface area (Å²) < 4.78 is 7.26. The zero-order valence-corrected chi connectivity index (χ0v) is 16.4. The van der Waals surface area contributed by atoms with Crippen LogP contribution in [-0.2, 0) is 6.42 Å². The first-order valence-electron chi connectivity index (χ1n) is 10.1. The number of carbonyl (C=O) groups is 1. The molecule has 4 aromatic heterocycles. The summed E-state index contributed by atoms with van der Waals surface area (Å²) in [6.45, 7) is 4.16. The lowest BCUT2D eigenvalue weighted by molar-refractivity contribution is 0.0899. The van der Waals surface area contributed by atoms with Crippen molar-refractivity contribution in [3.63, 3.8) is 0 Å². The van der Waals surface area contributed by atoms with E-state index < -0.39 is 0 Å². The van der Waals surface area contributed by atoms with Crippen LogP contribution >= 0.6 is 0 Å². The van der Waals surface area contributed by atoms with Crippen molar-refractivity contribution in [3.8, 4) is 0 Å². The van der Waals surface area contributed by atoms with Crippen molar-refractivity contribution in [1.82, 2.24) is 35.0 Å². The van der Waals surface area contributed by atoms with Crippen molar-refractivity contribution < 1.29 is 9.32 Å². The molecule has 1 saturated carbocycles. The summed E-state index contributed by atoms with van der Waals surface area (Å²) in [4.78, 5) is 20.1. The summed E-state index contributed by atoms with van der Waals surface area (Å²) in [6.07, 6.45) is 7.07. The molecule has 1 aliphatic carbocycles. The molecule has 4 aromatic rings. The summed E-state index contributed by atoms with van der Waals surface area (Å²) in [7, 11) is 0. The lowest BCUT2D eigenvalue weighted by atomic mass is 9.93. The normalized spacial score (nSPS) is 21.9. The van der Waals surface area contributed by atoms with Crippen LogP contribution in [0, 0.1) is 5.92 Å². The number of nitrogens with one attached hydrogen (secondary N) is 2. The van der Waals surface area contributed by atoms with Gasteiger partial charge in [0.25, 0.3) is 5.91 Å². The molecule has 0 radical (unpaired) electrons. The fourth-order valence-corrected chi connectivity index (χ4v) is 4.49. The van der Waals surface area contributed by atoms with Crippen molar-refractivity contribution in [3.05, 3.63) is 41.8 Å². The number of hydrogen-bond acceptors (Lipinski definition) is 6. The van der Waals surface area contributed by atoms with Gasteiger partial charge in [-0.05, 0) is 31.2 Å². The van der Waals surface area contributed by atoms with Crippen LogP contribution in [0.15, 0.2) is 29.0 Å². The largest absolute Gasteiger partial charge is 0.351 e. The molecule has 0 aliphatic heterocycles. The molecule has 0 unspecified atom stereocenters. The first-order valence-corrected chi connectivity index (χ1v) is 10.1. The third kappa shape index (κ3) is 2.97. The number of aromatic nitrogens is 6. The van der Waals surface area contributed by atoms with Crippen molar-refractivity contribution in [2.75, 3.05) is 0 Å². The molecule has 9 heteroatoms. The predicted octanol–water partition coefficient (Wildman–Crippen LogP) is 2.86. The van der Waals surface area contributed by atoms with Crippen LogP contribution in [0.3, 0.4) is 0 Å². The molecule has 1 fully saturated rings. The molecule has 2 N–H and O–H groups in total. The molecule has 5 rings (SSSR count). The molecule has 1 amide bonds. The Morgan fingerprint density at radius 1 is 1.34 bits per heavy atom. The fraction of sp³-hybridized carbons (Fsp3) is 0.450. The minimum absolute atomic E-state index is 0.0588. The van der Waals surface area contributed by atoms with E-state index in [1.165, 1.54) is 0 Å². The third-order valence-corrected chi connectivity index (χ3v) is 6.00. The number of H-pyrrole nitrogens is 1. The van der Waals surface area contributed by atoms with Crippen LogP contribution in [0.2, 0.25) is 0 Å². The van der Waals surface area contributed by atoms with Crippen LogP contribution in [0.4, 0.5) is 0 Å². The monoisotopic (exact) mass is 393 g/mol. The van der Waals surface area contributed by atoms with E-state index in [9.17, 15) is 4.79 Å². The molecule has 0 spiro atoms. The van der Waals surface area contributed by atoms with Gasteiger partial charge in [0.1, 0.15) is 5.82 Å². The number of fused-ring (bicyclic) bond motifs is 3. The Hall–Kier alpha value is -3.23. The average molecular weight is 393 g/mol. The molecule has 3 atom stereocenters. The van der Waals surface area contributed by atoms with Crippen LogP contribution < -0.4 is 5.32 Å². The van der Waals surface area contributed by atoms with E-state index in [4.69, 9.17) is 4.52 Å². The highest BCUT2D eigenvalue weighted by molar-refractivity contribution is 5.91. The van der Waals surface area contributed by atoms with Gasteiger partial charge in [0.15, 0.2) is 11.3 Å². The maximum absolute atomic E-state index is 12.6. The van der Waals surface area contributed by atoms with E-state index in [-0.39, 0.29) is 23.6 Å². The molecule has 9 nitrogen and oxygen atoms in total. The first-order chi connectivity index (χ1) is 14.2. The zero-order valence-electron chi connectivity index (χ0n) is 16.4. The Bertz CT molecular complexity index is 1170. The lowest BCUT2D eigenvalue weighted by Crippen LogP contribution is -2.32. The van der Waals surface area contributed by atoms with Crippen LogP contribution in [0.1, 0.15) is 61.1 Å². The van der Waals surface area contributed by atoms with E-state index in [1.807, 2.05) is 19.2 Å². The van der Waals surface area contributed by atoms with Crippen molar-refractivity contribution >= 4 is 22.7 Å². The number of aromatic amines is 1. The number of rotatable bonds is 5. The van der Waals surface area contributed by atoms with Crippen LogP contribution in [-0.4, -0.2) is 41.7 Å². The van der Waals surface area contributed by atoms with Gasteiger partial charge < -0.3 is 14.8 Å². The van der Waals surface area contributed by atoms with Gasteiger partial charge in [0, 0.05) is 24.2 Å². The maximum atomic E-state index is 12.6. The minimum atomic E-state index is -0.207. The number of nitrogens with zero attached hydrogens (tertiary/aromatic N) is 5. The van der Waals surface area contributed by atoms with Gasteiger partial charge in [-0.15, -0.1) is 10.2 Å². The molecule has 1 aliphatic rings. The van der Waals surface area contributed by atoms with Crippen molar-refractivity contribution in [2.24, 2.45) is 5.92 Å². The van der Waals surface area contributed by atoms with E-state index >= 15 is 0 Å². The van der Waals surface area contributed by atoms with Gasteiger partial charge in [0.2, 0.25) is 5.76 Å². The fourth-order valence-electron chi connectivity index (χ4n) is 4.49. The second-order valence-electron chi connectivity index (χ2n) is 7.67. The molecular formula is C20H23N7O2. The highest BCUT2D eigenvalue weighted by atomic mass is 16.5. The Labute approximate surface area is 166 Å². The molecule has 0 saturated heterocycles. The number of amides is 1. The highest BCUT2D eigenvalue weighted by Gasteiger charge is 2.38. The van der Waals surface area contributed by atoms with Gasteiger partial charge in [0.05, 0.1) is 17.4 Å². The zero-order chi connectivity index (χ0) is 20.0. The standard InChI is InChI=1S/C20H23N7O2/c1-3-11-7-13(23-20(28)16-9-12(4-2)26-29-16)8-14(11)19-25-24-17-10-22-18-15(27(17)19)5-6-21-18/h5-6,9-11,13-14,21H,3-4,7-8H2,1-2H3,(H,23,28)/t11-,13+,14+/m1/s1. The summed E-state index contributed by atoms with van der Waals surface area (Å²) in [6, 6.07) is 3.76. The Kier molecular flexibility index (Phi) is 4.30. The van der Waals surface area contributed by atoms with Crippen LogP contribution in [0.25, 0.3) is 16.8 Å². The van der Waals surface area contributed by atoms with Gasteiger partial charge in [-0.3, -0.25) is 9.20 Å². The smallest absolute Gasteiger partial charge is 0.290 e. The second kappa shape index (κ2) is 6.98. The SMILES string of the molecule is CCc1cc(C(=O)N[C@H]2C[C@@H](CC)[C@@H](c3nnc4cnc5[nH]ccc5n34)C2)on1. The maximum Gasteiger partial charge on any atom is 0.290 e. The molecule has 4 heterocycles. The average Bonchev–Trinajstić information content (AvgIpc) is 3.51. The topological polar surface area (TPSA) is 114 Å². The quantitative estimate of drug-likeness (QED) is 0.539. The Balaban J connectivity index is 1.42. The van der Waals surface area contributed by atoms with E-state index in [1.54, 1.807) is 12.3 Å². The second-order valence-corrected chi connectivity index (χ2v) is 7.67. The van der Waals surface area contributed by atoms with E-state index in [0.29, 0.717) is 5.92 Å². The summed E-state index contributed by atoms with van der Waals surface area (Å²) in [5.74, 6) is 1.62. The van der Waals surface area contributed by atoms with Gasteiger partial charge >= 0.3 is 0 Å². The third-order valence-electron chi connectivity index (χ3n) is 6.00. The Morgan fingerprint density at radius 2 is 2.24 bits per heavy atom. The summed E-state index contributed by atoms with van der Waals surface area (Å²) in [5.41, 5.74) is 3.30. The first kappa shape index (κ1) is 17.8. The minimum Gasteiger partial charge on any atom is -0.351 e. The van der Waals surface area contributed by atoms with Crippen LogP contribution in [0.5, 0.6) is 0 Å². The molecule has 0 bridgehead atoms. The summed E-state index contributed by atoms with van der Waals surface area (Å²) >= 11 is 0. The van der Waals surface area contributed by atoms with Gasteiger partial charge in [-0.2, -0.15) is 0 Å². The molecule has 0 aromatic carbocycles. The van der Waals surface area contributed by atoms with Gasteiger partial charge in [-0.1, -0.05) is 25.4 Å². The Morgan fingerprint density at radius 3 is 3.03 bits per heavy atom. The predicted molar refractivity (Wildman–Crippen MR) is 106 cm³/mol. The number of carbonyl (C=O) groups excluding carboxylic acids is 1. The van der Waals surface area contributed by atoms with E-state index in [2.05, 4.69) is 42.0 Å². The number of hydrogen-bond donors (Lipinski definition) is 2. The molecule has 29 heavy (non-hydrogen) atoms. The van der Waals surface area contributed by atoms with Crippen molar-refractivity contribution in [1.29, 1.82) is 0 Å². The van der Waals surface area contributed by atoms with Crippen molar-refractivity contribution in [2.45, 2.75) is 51.5 Å². The van der Waals surface area contributed by atoms with Gasteiger partial charge in [-0.25, -0.2) is 4.98 Å².